The van der Waals surface area contributed by atoms with Crippen LogP contribution in [0.25, 0.3) is 0 Å². The minimum atomic E-state index is -0.0483. The molecular formula is C24H26Br2N4O4. The van der Waals surface area contributed by atoms with Crippen molar-refractivity contribution < 1.29 is 19.3 Å². The molecule has 8 nitrogen and oxygen atoms in total. The fourth-order valence-corrected chi connectivity index (χ4v) is 4.01. The van der Waals surface area contributed by atoms with Crippen LogP contribution in [0.5, 0.6) is 0 Å². The van der Waals surface area contributed by atoms with Crippen molar-refractivity contribution in [3.63, 3.8) is 0 Å². The van der Waals surface area contributed by atoms with E-state index in [0.29, 0.717) is 11.1 Å². The van der Waals surface area contributed by atoms with Crippen LogP contribution in [-0.4, -0.2) is 59.0 Å². The first-order valence-electron chi connectivity index (χ1n) is 10.5. The average Bonchev–Trinajstić information content (AvgIpc) is 3.47. The van der Waals surface area contributed by atoms with Crippen molar-refractivity contribution >= 4 is 52.9 Å². The van der Waals surface area contributed by atoms with E-state index < -0.39 is 0 Å². The van der Waals surface area contributed by atoms with Gasteiger partial charge in [0.05, 0.1) is 0 Å². The molecule has 0 saturated heterocycles. The molecular weight excluding hydrogens is 568 g/mol. The number of halogens is 2. The summed E-state index contributed by atoms with van der Waals surface area (Å²) in [4.78, 5) is 37.0. The van der Waals surface area contributed by atoms with Gasteiger partial charge in [-0.25, -0.2) is 0 Å². The Morgan fingerprint density at radius 1 is 0.706 bits per heavy atom. The van der Waals surface area contributed by atoms with Crippen molar-refractivity contribution in [3.8, 4) is 0 Å². The molecule has 0 fully saturated rings. The Hall–Kier alpha value is -2.72. The van der Waals surface area contributed by atoms with Gasteiger partial charge in [0.25, 0.3) is 11.8 Å². The molecule has 10 heteroatoms. The molecule has 0 N–H and O–H groups in total. The third-order valence-corrected chi connectivity index (χ3v) is 6.07. The number of benzene rings is 2. The van der Waals surface area contributed by atoms with E-state index in [-0.39, 0.29) is 24.0 Å². The van der Waals surface area contributed by atoms with Gasteiger partial charge in [-0.05, 0) is 67.3 Å². The van der Waals surface area contributed by atoms with Gasteiger partial charge in [0, 0.05) is 52.2 Å². The van der Waals surface area contributed by atoms with Crippen LogP contribution in [0.4, 0.5) is 0 Å². The predicted octanol–water partition coefficient (Wildman–Crippen LogP) is 5.12. The number of hydrogen-bond acceptors (Lipinski definition) is 6. The van der Waals surface area contributed by atoms with Crippen LogP contribution >= 0.6 is 31.9 Å². The standard InChI is InChI=1S/2C12H13BrN2O2/c2*1-15(2)12(16)9-5-3-8(4-6-9)10-7-11(13)14-17-10/h2*3-6,10H,7H2,1-2H3/t2*10-/m10/s1. The highest BCUT2D eigenvalue weighted by Gasteiger charge is 2.22. The fraction of sp³-hybridized carbons (Fsp3) is 0.333. The average molecular weight is 594 g/mol. The first-order valence-corrected chi connectivity index (χ1v) is 12.1. The van der Waals surface area contributed by atoms with Crippen molar-refractivity contribution in [3.05, 3.63) is 70.8 Å². The molecule has 0 aromatic heterocycles. The lowest BCUT2D eigenvalue weighted by molar-refractivity contribution is 0.0817. The zero-order valence-electron chi connectivity index (χ0n) is 19.4. The van der Waals surface area contributed by atoms with E-state index >= 15 is 0 Å². The van der Waals surface area contributed by atoms with Gasteiger partial charge in [0.15, 0.2) is 12.2 Å². The number of oxime groups is 2. The molecule has 0 saturated carbocycles. The highest BCUT2D eigenvalue weighted by molar-refractivity contribution is 9.18. The van der Waals surface area contributed by atoms with E-state index in [2.05, 4.69) is 42.2 Å². The van der Waals surface area contributed by atoms with Crippen LogP contribution in [0.2, 0.25) is 0 Å². The lowest BCUT2D eigenvalue weighted by atomic mass is 10.0. The summed E-state index contributed by atoms with van der Waals surface area (Å²) < 4.78 is 1.63. The molecule has 2 amide bonds. The molecule has 34 heavy (non-hydrogen) atoms. The second-order valence-corrected chi connectivity index (χ2v) is 10.0. The molecule has 2 aromatic carbocycles. The summed E-state index contributed by atoms with van der Waals surface area (Å²) in [6.45, 7) is 0. The number of hydrogen-bond donors (Lipinski definition) is 0. The van der Waals surface area contributed by atoms with Crippen molar-refractivity contribution in [2.75, 3.05) is 28.2 Å². The maximum atomic E-state index is 11.7. The lowest BCUT2D eigenvalue weighted by Gasteiger charge is -2.12. The molecule has 4 rings (SSSR count). The number of amides is 2. The van der Waals surface area contributed by atoms with Crippen molar-refractivity contribution in [1.82, 2.24) is 9.80 Å². The smallest absolute Gasteiger partial charge is 0.253 e. The maximum Gasteiger partial charge on any atom is 0.253 e. The molecule has 0 spiro atoms. The summed E-state index contributed by atoms with van der Waals surface area (Å²) in [5.74, 6) is 0.00245. The minimum Gasteiger partial charge on any atom is -0.386 e. The predicted molar refractivity (Wildman–Crippen MR) is 139 cm³/mol. The molecule has 2 aliphatic heterocycles. The van der Waals surface area contributed by atoms with E-state index in [1.54, 1.807) is 38.0 Å². The van der Waals surface area contributed by atoms with Crippen LogP contribution in [0.1, 0.15) is 56.9 Å². The number of carbonyl (C=O) groups is 2. The summed E-state index contributed by atoms with van der Waals surface area (Å²) in [5.41, 5.74) is 3.41. The highest BCUT2D eigenvalue weighted by Crippen LogP contribution is 2.30. The minimum absolute atomic E-state index is 0.00122. The number of nitrogens with zero attached hydrogens (tertiary/aromatic N) is 4. The zero-order valence-corrected chi connectivity index (χ0v) is 22.5. The van der Waals surface area contributed by atoms with Gasteiger partial charge in [0.2, 0.25) is 0 Å². The summed E-state index contributed by atoms with van der Waals surface area (Å²) >= 11 is 6.59. The van der Waals surface area contributed by atoms with Crippen LogP contribution in [-0.2, 0) is 9.68 Å². The van der Waals surface area contributed by atoms with Gasteiger partial charge < -0.3 is 19.5 Å². The van der Waals surface area contributed by atoms with Crippen LogP contribution in [0, 0.1) is 0 Å². The van der Waals surface area contributed by atoms with Gasteiger partial charge in [-0.1, -0.05) is 34.6 Å². The third-order valence-electron chi connectivity index (χ3n) is 5.14. The first-order chi connectivity index (χ1) is 16.2. The summed E-state index contributed by atoms with van der Waals surface area (Å²) in [6.07, 6.45) is 1.38. The normalized spacial score (nSPS) is 18.5. The second kappa shape index (κ2) is 11.6. The Bertz CT molecular complexity index is 996. The lowest BCUT2D eigenvalue weighted by Crippen LogP contribution is -2.21. The van der Waals surface area contributed by atoms with E-state index in [9.17, 15) is 9.59 Å². The molecule has 0 unspecified atom stereocenters. The van der Waals surface area contributed by atoms with Crippen molar-refractivity contribution in [2.24, 2.45) is 10.3 Å². The van der Waals surface area contributed by atoms with Crippen LogP contribution in [0.3, 0.4) is 0 Å². The Morgan fingerprint density at radius 2 is 1.03 bits per heavy atom. The second-order valence-electron chi connectivity index (χ2n) is 8.17. The Kier molecular flexibility index (Phi) is 8.84. The molecule has 0 aliphatic carbocycles. The van der Waals surface area contributed by atoms with Gasteiger partial charge in [-0.2, -0.15) is 0 Å². The van der Waals surface area contributed by atoms with E-state index in [1.807, 2.05) is 48.5 Å². The maximum absolute atomic E-state index is 11.7. The zero-order chi connectivity index (χ0) is 24.8. The Labute approximate surface area is 215 Å². The number of rotatable bonds is 4. The summed E-state index contributed by atoms with van der Waals surface area (Å²) in [6, 6.07) is 14.9. The topological polar surface area (TPSA) is 83.8 Å². The Balaban J connectivity index is 0.000000191. The van der Waals surface area contributed by atoms with E-state index in [0.717, 1.165) is 33.2 Å². The quantitative estimate of drug-likeness (QED) is 0.493. The molecule has 2 heterocycles. The molecule has 2 aromatic rings. The van der Waals surface area contributed by atoms with Crippen molar-refractivity contribution in [2.45, 2.75) is 25.0 Å². The van der Waals surface area contributed by atoms with Gasteiger partial charge >= 0.3 is 0 Å². The van der Waals surface area contributed by atoms with Gasteiger partial charge in [0.1, 0.15) is 9.24 Å². The number of carbonyl (C=O) groups excluding carboxylic acids is 2. The van der Waals surface area contributed by atoms with Crippen LogP contribution in [0.15, 0.2) is 58.8 Å². The first kappa shape index (κ1) is 25.9. The van der Waals surface area contributed by atoms with Gasteiger partial charge in [-0.15, -0.1) is 0 Å². The SMILES string of the molecule is CN(C)C(=O)c1ccc([C@@H]2CC(Br)=NO2)cc1.CN(C)C(=O)c1ccc([C@H]2CC(Br)=NO2)cc1. The Morgan fingerprint density at radius 3 is 1.26 bits per heavy atom. The van der Waals surface area contributed by atoms with E-state index in [4.69, 9.17) is 9.68 Å². The highest BCUT2D eigenvalue weighted by atomic mass is 79.9. The van der Waals surface area contributed by atoms with Gasteiger partial charge in [-0.3, -0.25) is 9.59 Å². The molecule has 0 bridgehead atoms. The van der Waals surface area contributed by atoms with Crippen molar-refractivity contribution in [1.29, 1.82) is 0 Å². The molecule has 180 valence electrons. The summed E-state index contributed by atoms with van der Waals surface area (Å²) in [7, 11) is 6.95. The molecule has 2 atom stereocenters. The monoisotopic (exact) mass is 592 g/mol. The third kappa shape index (κ3) is 6.66. The fourth-order valence-electron chi connectivity index (χ4n) is 3.25. The van der Waals surface area contributed by atoms with Crippen LogP contribution < -0.4 is 0 Å². The largest absolute Gasteiger partial charge is 0.386 e. The van der Waals surface area contributed by atoms with E-state index in [1.165, 1.54) is 0 Å². The summed E-state index contributed by atoms with van der Waals surface area (Å²) in [5, 5.41) is 7.68. The molecule has 2 aliphatic rings. The molecule has 0 radical (unpaired) electrons.